The smallest absolute Gasteiger partial charge is 0.224 e. The Morgan fingerprint density at radius 1 is 1.33 bits per heavy atom. The van der Waals surface area contributed by atoms with Crippen LogP contribution in [-0.4, -0.2) is 28.4 Å². The molecule has 1 aliphatic rings. The van der Waals surface area contributed by atoms with Crippen molar-refractivity contribution in [3.05, 3.63) is 42.0 Å². The van der Waals surface area contributed by atoms with Gasteiger partial charge in [0.15, 0.2) is 4.96 Å². The molecule has 27 heavy (non-hydrogen) atoms. The van der Waals surface area contributed by atoms with Gasteiger partial charge in [-0.3, -0.25) is 9.20 Å². The maximum atomic E-state index is 12.4. The van der Waals surface area contributed by atoms with E-state index in [2.05, 4.69) is 22.5 Å². The largest absolute Gasteiger partial charge is 0.326 e. The Morgan fingerprint density at radius 2 is 2.07 bits per heavy atom. The third-order valence-corrected chi connectivity index (χ3v) is 6.02. The minimum atomic E-state index is 0. The topological polar surface area (TPSA) is 58.4 Å². The van der Waals surface area contributed by atoms with Gasteiger partial charge in [0.05, 0.1) is 5.69 Å². The minimum Gasteiger partial charge on any atom is -0.326 e. The van der Waals surface area contributed by atoms with E-state index in [4.69, 9.17) is 0 Å². The molecule has 2 aromatic heterocycles. The van der Waals surface area contributed by atoms with Crippen LogP contribution in [0.3, 0.4) is 0 Å². The Kier molecular flexibility index (Phi) is 6.52. The molecule has 1 amide bonds. The van der Waals surface area contributed by atoms with E-state index < -0.39 is 0 Å². The molecule has 0 radical (unpaired) electrons. The van der Waals surface area contributed by atoms with Gasteiger partial charge in [0, 0.05) is 35.4 Å². The summed E-state index contributed by atoms with van der Waals surface area (Å²) in [6, 6.07) is 7.93. The molecule has 2 N–H and O–H groups in total. The summed E-state index contributed by atoms with van der Waals surface area (Å²) in [4.78, 5) is 18.0. The fourth-order valence-corrected chi connectivity index (χ4v) is 4.38. The van der Waals surface area contributed by atoms with Crippen molar-refractivity contribution in [2.24, 2.45) is 11.8 Å². The zero-order valence-electron chi connectivity index (χ0n) is 15.4. The van der Waals surface area contributed by atoms with Crippen molar-refractivity contribution < 1.29 is 4.79 Å². The third kappa shape index (κ3) is 4.69. The zero-order chi connectivity index (χ0) is 17.9. The van der Waals surface area contributed by atoms with Gasteiger partial charge in [0.1, 0.15) is 0 Å². The first kappa shape index (κ1) is 19.9. The Hall–Kier alpha value is -1.89. The summed E-state index contributed by atoms with van der Waals surface area (Å²) in [6.07, 6.45) is 6.97. The van der Waals surface area contributed by atoms with Crippen molar-refractivity contribution in [2.45, 2.75) is 26.2 Å². The highest BCUT2D eigenvalue weighted by Gasteiger charge is 2.22. The van der Waals surface area contributed by atoms with Gasteiger partial charge in [-0.2, -0.15) is 0 Å². The maximum absolute atomic E-state index is 12.4. The Bertz CT molecular complexity index is 854. The molecule has 0 aliphatic carbocycles. The van der Waals surface area contributed by atoms with Gasteiger partial charge in [0.2, 0.25) is 5.91 Å². The number of hydrogen-bond acceptors (Lipinski definition) is 4. The number of aromatic nitrogens is 2. The average Bonchev–Trinajstić information content (AvgIpc) is 3.25. The molecule has 1 aromatic carbocycles. The summed E-state index contributed by atoms with van der Waals surface area (Å²) in [5.41, 5.74) is 2.86. The lowest BCUT2D eigenvalue weighted by Gasteiger charge is -2.27. The molecular weight excluding hydrogens is 380 g/mol. The van der Waals surface area contributed by atoms with Crippen molar-refractivity contribution in [3.8, 4) is 11.3 Å². The highest BCUT2D eigenvalue weighted by Crippen LogP contribution is 2.26. The molecular formula is C20H25ClN4OS. The van der Waals surface area contributed by atoms with Gasteiger partial charge in [-0.15, -0.1) is 23.7 Å². The number of nitrogens with zero attached hydrogens (tertiary/aromatic N) is 2. The van der Waals surface area contributed by atoms with Crippen LogP contribution in [0.15, 0.2) is 42.0 Å². The summed E-state index contributed by atoms with van der Waals surface area (Å²) in [5.74, 6) is 1.18. The number of thiazole rings is 1. The van der Waals surface area contributed by atoms with E-state index in [9.17, 15) is 4.79 Å². The van der Waals surface area contributed by atoms with Crippen molar-refractivity contribution in [1.29, 1.82) is 0 Å². The summed E-state index contributed by atoms with van der Waals surface area (Å²) < 4.78 is 2.03. The summed E-state index contributed by atoms with van der Waals surface area (Å²) in [7, 11) is 0. The quantitative estimate of drug-likeness (QED) is 0.660. The molecule has 1 aliphatic heterocycles. The van der Waals surface area contributed by atoms with E-state index in [1.807, 2.05) is 46.4 Å². The van der Waals surface area contributed by atoms with Crippen LogP contribution in [0, 0.1) is 11.8 Å². The fourth-order valence-electron chi connectivity index (χ4n) is 3.68. The van der Waals surface area contributed by atoms with Gasteiger partial charge in [-0.1, -0.05) is 19.1 Å². The molecule has 7 heteroatoms. The van der Waals surface area contributed by atoms with Gasteiger partial charge in [0.25, 0.3) is 0 Å². The normalized spacial score (nSPS) is 16.0. The van der Waals surface area contributed by atoms with Crippen molar-refractivity contribution >= 4 is 40.3 Å². The number of nitrogens with one attached hydrogen (secondary N) is 2. The lowest BCUT2D eigenvalue weighted by atomic mass is 9.84. The second-order valence-electron chi connectivity index (χ2n) is 7.11. The maximum Gasteiger partial charge on any atom is 0.224 e. The minimum absolute atomic E-state index is 0. The molecule has 0 bridgehead atoms. The SMILES string of the molecule is CC(CC(=O)Nc1ccc(-c2cn3ccsc3n2)cc1)C1CCNCC1.Cl. The number of amides is 1. The first-order valence-electron chi connectivity index (χ1n) is 9.22. The van der Waals surface area contributed by atoms with Gasteiger partial charge >= 0.3 is 0 Å². The highest BCUT2D eigenvalue weighted by molar-refractivity contribution is 7.15. The number of halogens is 1. The molecule has 144 valence electrons. The monoisotopic (exact) mass is 404 g/mol. The second kappa shape index (κ2) is 8.87. The van der Waals surface area contributed by atoms with Crippen molar-refractivity contribution in [3.63, 3.8) is 0 Å². The van der Waals surface area contributed by atoms with Crippen LogP contribution in [0.5, 0.6) is 0 Å². The van der Waals surface area contributed by atoms with Crippen LogP contribution in [0.2, 0.25) is 0 Å². The van der Waals surface area contributed by atoms with E-state index in [0.717, 1.165) is 35.0 Å². The predicted molar refractivity (Wildman–Crippen MR) is 114 cm³/mol. The first-order chi connectivity index (χ1) is 12.7. The number of fused-ring (bicyclic) bond motifs is 1. The van der Waals surface area contributed by atoms with Crippen LogP contribution >= 0.6 is 23.7 Å². The summed E-state index contributed by atoms with van der Waals surface area (Å²) in [6.45, 7) is 4.34. The lowest BCUT2D eigenvalue weighted by Crippen LogP contribution is -2.32. The van der Waals surface area contributed by atoms with Gasteiger partial charge in [-0.05, 0) is 49.9 Å². The van der Waals surface area contributed by atoms with Crippen LogP contribution in [0.4, 0.5) is 5.69 Å². The molecule has 0 saturated carbocycles. The molecule has 1 unspecified atom stereocenters. The first-order valence-corrected chi connectivity index (χ1v) is 10.1. The van der Waals surface area contributed by atoms with Crippen molar-refractivity contribution in [2.75, 3.05) is 18.4 Å². The van der Waals surface area contributed by atoms with E-state index in [-0.39, 0.29) is 18.3 Å². The predicted octanol–water partition coefficient (Wildman–Crippen LogP) is 4.45. The molecule has 3 aromatic rings. The van der Waals surface area contributed by atoms with E-state index >= 15 is 0 Å². The average molecular weight is 405 g/mol. The van der Waals surface area contributed by atoms with Crippen LogP contribution in [0.1, 0.15) is 26.2 Å². The van der Waals surface area contributed by atoms with E-state index in [1.54, 1.807) is 11.3 Å². The number of carbonyl (C=O) groups excluding carboxylic acids is 1. The molecule has 1 atom stereocenters. The number of piperidine rings is 1. The second-order valence-corrected chi connectivity index (χ2v) is 7.99. The van der Waals surface area contributed by atoms with Crippen LogP contribution < -0.4 is 10.6 Å². The Labute approximate surface area is 169 Å². The molecule has 1 saturated heterocycles. The summed E-state index contributed by atoms with van der Waals surface area (Å²) >= 11 is 1.62. The number of rotatable bonds is 5. The molecule has 4 rings (SSSR count). The lowest BCUT2D eigenvalue weighted by molar-refractivity contribution is -0.117. The zero-order valence-corrected chi connectivity index (χ0v) is 17.0. The highest BCUT2D eigenvalue weighted by atomic mass is 35.5. The number of benzene rings is 1. The number of carbonyl (C=O) groups is 1. The Morgan fingerprint density at radius 3 is 2.78 bits per heavy atom. The van der Waals surface area contributed by atoms with Gasteiger partial charge < -0.3 is 10.6 Å². The van der Waals surface area contributed by atoms with E-state index in [0.29, 0.717) is 18.3 Å². The number of anilines is 1. The number of hydrogen-bond donors (Lipinski definition) is 2. The summed E-state index contributed by atoms with van der Waals surface area (Å²) in [5, 5.41) is 8.44. The molecule has 3 heterocycles. The van der Waals surface area contributed by atoms with Crippen molar-refractivity contribution in [1.82, 2.24) is 14.7 Å². The molecule has 1 fully saturated rings. The van der Waals surface area contributed by atoms with Crippen LogP contribution in [0.25, 0.3) is 16.2 Å². The van der Waals surface area contributed by atoms with Crippen LogP contribution in [-0.2, 0) is 4.79 Å². The molecule has 0 spiro atoms. The van der Waals surface area contributed by atoms with E-state index in [1.165, 1.54) is 12.8 Å². The molecule has 5 nitrogen and oxygen atoms in total. The van der Waals surface area contributed by atoms with Gasteiger partial charge in [-0.25, -0.2) is 4.98 Å². The third-order valence-electron chi connectivity index (χ3n) is 5.25. The standard InChI is InChI=1S/C20H24N4OS.ClH/c1-14(15-6-8-21-9-7-15)12-19(25)22-17-4-2-16(3-5-17)18-13-24-10-11-26-20(24)23-18;/h2-5,10-11,13-15,21H,6-9,12H2,1H3,(H,22,25);1H. The fraction of sp³-hybridized carbons (Fsp3) is 0.400. The number of imidazole rings is 1. The Balaban J connectivity index is 0.00000210.